The predicted molar refractivity (Wildman–Crippen MR) is 67.0 cm³/mol. The topological polar surface area (TPSA) is 48.1 Å². The summed E-state index contributed by atoms with van der Waals surface area (Å²) in [7, 11) is 0. The summed E-state index contributed by atoms with van der Waals surface area (Å²) in [5, 5.41) is 3.03. The van der Waals surface area contributed by atoms with E-state index in [1.165, 1.54) is 11.3 Å². The van der Waals surface area contributed by atoms with Crippen molar-refractivity contribution in [3.8, 4) is 5.75 Å². The van der Waals surface area contributed by atoms with Gasteiger partial charge in [-0.15, -0.1) is 11.3 Å². The van der Waals surface area contributed by atoms with Crippen LogP contribution in [0.4, 0.5) is 5.13 Å². The highest BCUT2D eigenvalue weighted by atomic mass is 35.5. The van der Waals surface area contributed by atoms with Gasteiger partial charge in [0.05, 0.1) is 10.7 Å². The molecule has 2 N–H and O–H groups in total. The number of nitrogens with zero attached hydrogens (tertiary/aromatic N) is 1. The normalized spacial score (nSPS) is 12.4. The van der Waals surface area contributed by atoms with Gasteiger partial charge in [-0.3, -0.25) is 0 Å². The molecule has 0 aliphatic carbocycles. The number of thiazole rings is 1. The number of hydrogen-bond donors (Lipinski definition) is 1. The Hall–Kier alpha value is -1.26. The first kappa shape index (κ1) is 11.2. The number of halogens is 1. The molecule has 3 nitrogen and oxygen atoms in total. The molecule has 0 fully saturated rings. The molecule has 0 aliphatic rings. The second-order valence-corrected chi connectivity index (χ2v) is 4.60. The number of nitrogens with two attached hydrogens (primary N) is 1. The number of para-hydroxylation sites is 1. The van der Waals surface area contributed by atoms with Crippen molar-refractivity contribution in [2.24, 2.45) is 0 Å². The van der Waals surface area contributed by atoms with E-state index in [1.807, 2.05) is 30.5 Å². The van der Waals surface area contributed by atoms with Crippen LogP contribution in [0.15, 0.2) is 29.6 Å². The van der Waals surface area contributed by atoms with Gasteiger partial charge in [-0.2, -0.15) is 0 Å². The van der Waals surface area contributed by atoms with Gasteiger partial charge in [0.2, 0.25) is 0 Å². The van der Waals surface area contributed by atoms with Crippen molar-refractivity contribution >= 4 is 28.1 Å². The quantitative estimate of drug-likeness (QED) is 0.912. The molecule has 16 heavy (non-hydrogen) atoms. The van der Waals surface area contributed by atoms with E-state index in [-0.39, 0.29) is 6.10 Å². The van der Waals surface area contributed by atoms with Gasteiger partial charge in [0.15, 0.2) is 5.13 Å². The first-order chi connectivity index (χ1) is 7.66. The van der Waals surface area contributed by atoms with E-state index >= 15 is 0 Å². The van der Waals surface area contributed by atoms with E-state index < -0.39 is 0 Å². The van der Waals surface area contributed by atoms with Gasteiger partial charge in [0, 0.05) is 5.38 Å². The number of aromatic nitrogens is 1. The Kier molecular flexibility index (Phi) is 3.31. The van der Waals surface area contributed by atoms with Crippen molar-refractivity contribution < 1.29 is 4.74 Å². The fourth-order valence-electron chi connectivity index (χ4n) is 1.28. The second kappa shape index (κ2) is 4.72. The number of nitrogen functional groups attached to an aromatic ring is 1. The van der Waals surface area contributed by atoms with E-state index in [0.29, 0.717) is 15.9 Å². The van der Waals surface area contributed by atoms with Crippen LogP contribution >= 0.6 is 22.9 Å². The molecule has 1 aromatic heterocycles. The fraction of sp³-hybridized carbons (Fsp3) is 0.182. The Balaban J connectivity index is 2.13. The van der Waals surface area contributed by atoms with Crippen LogP contribution < -0.4 is 10.5 Å². The zero-order chi connectivity index (χ0) is 11.5. The molecule has 5 heteroatoms. The van der Waals surface area contributed by atoms with Crippen molar-refractivity contribution in [2.45, 2.75) is 13.0 Å². The number of hydrogen-bond acceptors (Lipinski definition) is 4. The lowest BCUT2D eigenvalue weighted by molar-refractivity contribution is 0.223. The largest absolute Gasteiger partial charge is 0.483 e. The van der Waals surface area contributed by atoms with Crippen LogP contribution in [0.3, 0.4) is 0 Å². The molecule has 0 saturated carbocycles. The van der Waals surface area contributed by atoms with E-state index in [4.69, 9.17) is 22.1 Å². The molecule has 0 aliphatic heterocycles. The minimum Gasteiger partial charge on any atom is -0.483 e. The van der Waals surface area contributed by atoms with E-state index in [0.717, 1.165) is 5.69 Å². The molecule has 1 unspecified atom stereocenters. The maximum Gasteiger partial charge on any atom is 0.180 e. The summed E-state index contributed by atoms with van der Waals surface area (Å²) in [5.41, 5.74) is 6.39. The summed E-state index contributed by atoms with van der Waals surface area (Å²) in [5.74, 6) is 0.656. The molecule has 1 heterocycles. The summed E-state index contributed by atoms with van der Waals surface area (Å²) >= 11 is 7.39. The molecule has 84 valence electrons. The maximum absolute atomic E-state index is 5.99. The monoisotopic (exact) mass is 254 g/mol. The molecule has 0 bridgehead atoms. The van der Waals surface area contributed by atoms with Gasteiger partial charge >= 0.3 is 0 Å². The van der Waals surface area contributed by atoms with Crippen LogP contribution in [0.5, 0.6) is 5.75 Å². The van der Waals surface area contributed by atoms with Gasteiger partial charge in [-0.05, 0) is 19.1 Å². The maximum atomic E-state index is 5.99. The van der Waals surface area contributed by atoms with E-state index in [9.17, 15) is 0 Å². The average molecular weight is 255 g/mol. The third-order valence-electron chi connectivity index (χ3n) is 2.10. The smallest absolute Gasteiger partial charge is 0.180 e. The van der Waals surface area contributed by atoms with Crippen LogP contribution in [-0.2, 0) is 0 Å². The lowest BCUT2D eigenvalue weighted by Crippen LogP contribution is -2.04. The van der Waals surface area contributed by atoms with Crippen molar-refractivity contribution in [3.05, 3.63) is 40.4 Å². The second-order valence-electron chi connectivity index (χ2n) is 3.30. The number of ether oxygens (including phenoxy) is 1. The minimum absolute atomic E-state index is 0.159. The number of anilines is 1. The van der Waals surface area contributed by atoms with Gasteiger partial charge in [-0.25, -0.2) is 4.98 Å². The highest BCUT2D eigenvalue weighted by Crippen LogP contribution is 2.29. The van der Waals surface area contributed by atoms with Crippen LogP contribution in [0.25, 0.3) is 0 Å². The Morgan fingerprint density at radius 3 is 2.81 bits per heavy atom. The zero-order valence-electron chi connectivity index (χ0n) is 8.68. The molecule has 0 radical (unpaired) electrons. The van der Waals surface area contributed by atoms with Crippen LogP contribution in [0.1, 0.15) is 18.7 Å². The molecule has 0 saturated heterocycles. The summed E-state index contributed by atoms with van der Waals surface area (Å²) < 4.78 is 5.70. The van der Waals surface area contributed by atoms with Crippen molar-refractivity contribution in [3.63, 3.8) is 0 Å². The molecule has 2 aromatic rings. The zero-order valence-corrected chi connectivity index (χ0v) is 10.3. The van der Waals surface area contributed by atoms with Crippen molar-refractivity contribution in [2.75, 3.05) is 5.73 Å². The van der Waals surface area contributed by atoms with Crippen LogP contribution in [-0.4, -0.2) is 4.98 Å². The van der Waals surface area contributed by atoms with Gasteiger partial charge in [0.1, 0.15) is 11.9 Å². The summed E-state index contributed by atoms with van der Waals surface area (Å²) in [6.45, 7) is 1.91. The Bertz CT molecular complexity index is 486. The van der Waals surface area contributed by atoms with Crippen LogP contribution in [0.2, 0.25) is 5.02 Å². The molecule has 0 amide bonds. The molecular weight excluding hydrogens is 244 g/mol. The number of rotatable bonds is 3. The first-order valence-corrected chi connectivity index (χ1v) is 6.04. The standard InChI is InChI=1S/C11H11ClN2OS/c1-7(9-6-16-11(13)14-9)15-10-5-3-2-4-8(10)12/h2-7H,1H3,(H2,13,14). The van der Waals surface area contributed by atoms with Gasteiger partial charge in [-0.1, -0.05) is 23.7 Å². The highest BCUT2D eigenvalue weighted by molar-refractivity contribution is 7.13. The lowest BCUT2D eigenvalue weighted by atomic mass is 10.3. The lowest BCUT2D eigenvalue weighted by Gasteiger charge is -2.13. The van der Waals surface area contributed by atoms with Crippen molar-refractivity contribution in [1.82, 2.24) is 4.98 Å². The van der Waals surface area contributed by atoms with E-state index in [2.05, 4.69) is 4.98 Å². The SMILES string of the molecule is CC(Oc1ccccc1Cl)c1csc(N)n1. The fourth-order valence-corrected chi connectivity index (χ4v) is 2.10. The van der Waals surface area contributed by atoms with Crippen LogP contribution in [0, 0.1) is 0 Å². The van der Waals surface area contributed by atoms with Gasteiger partial charge < -0.3 is 10.5 Å². The third-order valence-corrected chi connectivity index (χ3v) is 3.10. The average Bonchev–Trinajstić information content (AvgIpc) is 2.68. The van der Waals surface area contributed by atoms with Crippen molar-refractivity contribution in [1.29, 1.82) is 0 Å². The number of benzene rings is 1. The predicted octanol–water partition coefficient (Wildman–Crippen LogP) is 3.52. The Morgan fingerprint density at radius 1 is 1.44 bits per heavy atom. The Morgan fingerprint density at radius 2 is 2.19 bits per heavy atom. The third kappa shape index (κ3) is 2.46. The molecule has 2 rings (SSSR count). The van der Waals surface area contributed by atoms with E-state index in [1.54, 1.807) is 6.07 Å². The van der Waals surface area contributed by atoms with Gasteiger partial charge in [0.25, 0.3) is 0 Å². The highest BCUT2D eigenvalue weighted by Gasteiger charge is 2.12. The molecule has 1 atom stereocenters. The summed E-state index contributed by atoms with van der Waals surface area (Å²) in [6, 6.07) is 7.36. The summed E-state index contributed by atoms with van der Waals surface area (Å²) in [6.07, 6.45) is -0.159. The minimum atomic E-state index is -0.159. The molecular formula is C11H11ClN2OS. The molecule has 0 spiro atoms. The summed E-state index contributed by atoms with van der Waals surface area (Å²) in [4.78, 5) is 4.16. The Labute approximate surface area is 103 Å². The first-order valence-electron chi connectivity index (χ1n) is 4.79. The molecule has 1 aromatic carbocycles.